The van der Waals surface area contributed by atoms with Gasteiger partial charge in [0.25, 0.3) is 0 Å². The van der Waals surface area contributed by atoms with E-state index in [9.17, 15) is 14.4 Å². The molecule has 444 valence electrons. The summed E-state index contributed by atoms with van der Waals surface area (Å²) in [5.41, 5.74) is 0. The Hall–Kier alpha value is -4.97. The molecule has 0 rings (SSSR count). The largest absolute Gasteiger partial charge is 0.462 e. The lowest BCUT2D eigenvalue weighted by Gasteiger charge is -2.18. The van der Waals surface area contributed by atoms with Crippen LogP contribution in [0.2, 0.25) is 0 Å². The molecule has 0 amide bonds. The Morgan fingerprint density at radius 1 is 0.266 bits per heavy atom. The van der Waals surface area contributed by atoms with Crippen molar-refractivity contribution in [1.82, 2.24) is 0 Å². The van der Waals surface area contributed by atoms with Crippen molar-refractivity contribution in [3.05, 3.63) is 158 Å². The third-order valence-corrected chi connectivity index (χ3v) is 13.0. The van der Waals surface area contributed by atoms with Crippen LogP contribution in [0.5, 0.6) is 0 Å². The van der Waals surface area contributed by atoms with Crippen LogP contribution in [0.3, 0.4) is 0 Å². The second kappa shape index (κ2) is 65.5. The topological polar surface area (TPSA) is 78.9 Å². The maximum atomic E-state index is 12.9. The zero-order valence-electron chi connectivity index (χ0n) is 50.8. The quantitative estimate of drug-likeness (QED) is 0.0261. The molecule has 6 heteroatoms. The molecule has 0 saturated carbocycles. The van der Waals surface area contributed by atoms with Crippen molar-refractivity contribution in [2.24, 2.45) is 0 Å². The molecule has 0 bridgehead atoms. The van der Waals surface area contributed by atoms with Crippen LogP contribution in [0.1, 0.15) is 265 Å². The molecule has 0 fully saturated rings. The number of hydrogen-bond acceptors (Lipinski definition) is 6. The molecule has 0 N–H and O–H groups in total. The van der Waals surface area contributed by atoms with E-state index in [1.165, 1.54) is 51.4 Å². The molecule has 79 heavy (non-hydrogen) atoms. The summed E-state index contributed by atoms with van der Waals surface area (Å²) in [6.45, 7) is 6.41. The summed E-state index contributed by atoms with van der Waals surface area (Å²) in [5.74, 6) is -0.972. The lowest BCUT2D eigenvalue weighted by Crippen LogP contribution is -2.30. The number of unbranched alkanes of at least 4 members (excludes halogenated alkanes) is 19. The highest BCUT2D eigenvalue weighted by Crippen LogP contribution is 2.13. The molecular weight excluding hydrogens is 973 g/mol. The van der Waals surface area contributed by atoms with Gasteiger partial charge in [0.15, 0.2) is 6.10 Å². The summed E-state index contributed by atoms with van der Waals surface area (Å²) < 4.78 is 16.9. The summed E-state index contributed by atoms with van der Waals surface area (Å²) in [6, 6.07) is 0. The normalized spacial score (nSPS) is 13.2. The molecule has 0 aromatic rings. The molecule has 0 aromatic heterocycles. The molecule has 6 nitrogen and oxygen atoms in total. The van der Waals surface area contributed by atoms with Gasteiger partial charge in [0, 0.05) is 19.3 Å². The number of ether oxygens (including phenoxy) is 3. The Kier molecular flexibility index (Phi) is 61.4. The lowest BCUT2D eigenvalue weighted by atomic mass is 10.1. The maximum absolute atomic E-state index is 12.9. The van der Waals surface area contributed by atoms with Gasteiger partial charge in [-0.05, 0) is 154 Å². The van der Waals surface area contributed by atoms with Crippen LogP contribution < -0.4 is 0 Å². The summed E-state index contributed by atoms with van der Waals surface area (Å²) in [5, 5.41) is 0. The maximum Gasteiger partial charge on any atom is 0.306 e. The first-order chi connectivity index (χ1) is 39.0. The van der Waals surface area contributed by atoms with E-state index >= 15 is 0 Å². The van der Waals surface area contributed by atoms with Crippen molar-refractivity contribution in [3.63, 3.8) is 0 Å². The first-order valence-electron chi connectivity index (χ1n) is 32.0. The van der Waals surface area contributed by atoms with E-state index in [1.807, 2.05) is 0 Å². The van der Waals surface area contributed by atoms with E-state index in [0.29, 0.717) is 19.3 Å². The Morgan fingerprint density at radius 2 is 0.494 bits per heavy atom. The second-order valence-corrected chi connectivity index (χ2v) is 20.6. The molecule has 0 aliphatic rings. The van der Waals surface area contributed by atoms with Crippen molar-refractivity contribution in [2.75, 3.05) is 13.2 Å². The Balaban J connectivity index is 4.43. The van der Waals surface area contributed by atoms with Crippen LogP contribution in [0, 0.1) is 0 Å². The molecule has 0 saturated heterocycles. The first kappa shape index (κ1) is 74.0. The average Bonchev–Trinajstić information content (AvgIpc) is 3.45. The van der Waals surface area contributed by atoms with Gasteiger partial charge in [-0.1, -0.05) is 249 Å². The average molecular weight is 1090 g/mol. The van der Waals surface area contributed by atoms with E-state index < -0.39 is 6.10 Å². The fourth-order valence-electron chi connectivity index (χ4n) is 8.20. The highest BCUT2D eigenvalue weighted by atomic mass is 16.6. The third kappa shape index (κ3) is 63.7. The van der Waals surface area contributed by atoms with Crippen molar-refractivity contribution >= 4 is 17.9 Å². The van der Waals surface area contributed by atoms with Crippen LogP contribution >= 0.6 is 0 Å². The first-order valence-corrected chi connectivity index (χ1v) is 32.0. The van der Waals surface area contributed by atoms with Crippen molar-refractivity contribution in [2.45, 2.75) is 271 Å². The van der Waals surface area contributed by atoms with Gasteiger partial charge in [0.2, 0.25) is 0 Å². The van der Waals surface area contributed by atoms with Gasteiger partial charge >= 0.3 is 17.9 Å². The molecule has 0 spiro atoms. The Morgan fingerprint density at radius 3 is 0.785 bits per heavy atom. The Labute approximate surface area is 486 Å². The predicted molar refractivity (Wildman–Crippen MR) is 343 cm³/mol. The zero-order chi connectivity index (χ0) is 57.1. The van der Waals surface area contributed by atoms with Crippen LogP contribution in [-0.2, 0) is 28.6 Å². The lowest BCUT2D eigenvalue weighted by molar-refractivity contribution is -0.167. The smallest absolute Gasteiger partial charge is 0.306 e. The van der Waals surface area contributed by atoms with Gasteiger partial charge in [-0.15, -0.1) is 0 Å². The number of rotatable bonds is 56. The third-order valence-electron chi connectivity index (χ3n) is 13.0. The molecule has 0 aliphatic heterocycles. The van der Waals surface area contributed by atoms with Gasteiger partial charge in [-0.3, -0.25) is 14.4 Å². The van der Waals surface area contributed by atoms with Gasteiger partial charge in [-0.25, -0.2) is 0 Å². The van der Waals surface area contributed by atoms with Gasteiger partial charge < -0.3 is 14.2 Å². The van der Waals surface area contributed by atoms with E-state index in [4.69, 9.17) is 14.2 Å². The molecule has 0 radical (unpaired) electrons. The molecule has 1 atom stereocenters. The fourth-order valence-corrected chi connectivity index (χ4v) is 8.20. The second-order valence-electron chi connectivity index (χ2n) is 20.6. The molecule has 0 aromatic carbocycles. The predicted octanol–water partition coefficient (Wildman–Crippen LogP) is 22.1. The van der Waals surface area contributed by atoms with Gasteiger partial charge in [0.1, 0.15) is 13.2 Å². The minimum Gasteiger partial charge on any atom is -0.462 e. The van der Waals surface area contributed by atoms with Crippen molar-refractivity contribution in [3.8, 4) is 0 Å². The van der Waals surface area contributed by atoms with E-state index in [1.54, 1.807) is 0 Å². The van der Waals surface area contributed by atoms with Crippen LogP contribution in [0.25, 0.3) is 0 Å². The van der Waals surface area contributed by atoms with Crippen molar-refractivity contribution < 1.29 is 28.6 Å². The monoisotopic (exact) mass is 1090 g/mol. The highest BCUT2D eigenvalue weighted by molar-refractivity contribution is 5.71. The number of esters is 3. The van der Waals surface area contributed by atoms with Crippen LogP contribution in [0.4, 0.5) is 0 Å². The van der Waals surface area contributed by atoms with Crippen LogP contribution in [-0.4, -0.2) is 37.2 Å². The number of allylic oxidation sites excluding steroid dienone is 26. The summed E-state index contributed by atoms with van der Waals surface area (Å²) in [4.78, 5) is 38.3. The van der Waals surface area contributed by atoms with Crippen molar-refractivity contribution in [1.29, 1.82) is 0 Å². The Bertz CT molecular complexity index is 1780. The number of carbonyl (C=O) groups excluding carboxylic acids is 3. The summed E-state index contributed by atoms with van der Waals surface area (Å²) >= 11 is 0. The van der Waals surface area contributed by atoms with E-state index in [0.717, 1.165) is 173 Å². The van der Waals surface area contributed by atoms with E-state index in [-0.39, 0.29) is 31.1 Å². The van der Waals surface area contributed by atoms with Gasteiger partial charge in [0.05, 0.1) is 0 Å². The minimum absolute atomic E-state index is 0.108. The summed E-state index contributed by atoms with van der Waals surface area (Å²) in [6.07, 6.45) is 95.3. The fraction of sp³-hybridized carbons (Fsp3) is 0.603. The van der Waals surface area contributed by atoms with Crippen LogP contribution in [0.15, 0.2) is 158 Å². The summed E-state index contributed by atoms with van der Waals surface area (Å²) in [7, 11) is 0. The molecule has 0 aliphatic carbocycles. The van der Waals surface area contributed by atoms with Gasteiger partial charge in [-0.2, -0.15) is 0 Å². The molecular formula is C73H116O6. The SMILES string of the molecule is CC/C=C\C/C=C\C/C=C\C/C=C\C/C=C\C/C=C\C/C=C\C/C=C\C/C=C\CCCCCC(=O)OCC(COC(=O)CCCCCCC/C=C\C/C=C\CCCCC)OC(=O)CCCCCCC/C=C\C/C=C\CCCCC. The van der Waals surface area contributed by atoms with E-state index in [2.05, 4.69) is 179 Å². The number of carbonyl (C=O) groups is 3. The zero-order valence-corrected chi connectivity index (χ0v) is 50.8. The highest BCUT2D eigenvalue weighted by Gasteiger charge is 2.19. The standard InChI is InChI=1S/C73H116O6/c1-4-7-10-13-16-19-22-25-28-29-30-31-32-33-34-35-36-37-38-39-40-41-42-43-46-48-51-54-57-60-63-66-72(75)78-69-70(79-73(76)67-64-61-58-55-52-49-45-27-24-21-18-15-12-9-6-3)68-77-71(74)65-62-59-56-53-50-47-44-26-23-20-17-14-11-8-5-2/h7,10,16-21,25-28,30-31,33-34,36-37,39-40,42-45,48,51,70H,4-6,8-9,11-15,22-24,29,32,35,38,41,46-47,49-50,52-69H2,1-3H3/b10-7-,19-16-,20-17-,21-18-,28-25-,31-30-,34-33-,37-36-,40-39-,43-42-,44-26-,45-27-,51-48-. The molecule has 0 heterocycles. The minimum atomic E-state index is -0.813. The molecule has 1 unspecified atom stereocenters. The number of hydrogen-bond donors (Lipinski definition) is 0.